The van der Waals surface area contributed by atoms with E-state index in [0.29, 0.717) is 51.1 Å². The lowest BCUT2D eigenvalue weighted by molar-refractivity contribution is 0.0308. The van der Waals surface area contributed by atoms with Crippen LogP contribution in [0.1, 0.15) is 52.4 Å². The van der Waals surface area contributed by atoms with Gasteiger partial charge in [-0.25, -0.2) is 8.42 Å². The molecule has 8 nitrogen and oxygen atoms in total. The predicted molar refractivity (Wildman–Crippen MR) is 175 cm³/mol. The SMILES string of the molecule is CCCCC1(CCCC)CN(c2ccc(OCCOCCOCCOI)cc2)c2cc(N(C)C)ccc2S(=O)(=O)C1. The summed E-state index contributed by atoms with van der Waals surface area (Å²) in [7, 11) is 0.481. The number of nitrogens with zero attached hydrogens (tertiary/aromatic N) is 2. The van der Waals surface area contributed by atoms with Gasteiger partial charge in [0, 0.05) is 37.4 Å². The first kappa shape index (κ1) is 33.9. The van der Waals surface area contributed by atoms with Crippen molar-refractivity contribution in [1.82, 2.24) is 0 Å². The minimum Gasteiger partial charge on any atom is -0.491 e. The van der Waals surface area contributed by atoms with Crippen molar-refractivity contribution in [1.29, 1.82) is 0 Å². The molecule has 0 fully saturated rings. The second-order valence-corrected chi connectivity index (χ2v) is 13.6. The molecule has 41 heavy (non-hydrogen) atoms. The number of halogens is 1. The maximum absolute atomic E-state index is 13.9. The largest absolute Gasteiger partial charge is 0.491 e. The Bertz CT molecular complexity index is 1150. The maximum Gasteiger partial charge on any atom is 0.181 e. The average Bonchev–Trinajstić information content (AvgIpc) is 3.06. The van der Waals surface area contributed by atoms with E-state index in [1.165, 1.54) is 0 Å². The molecule has 1 aliphatic heterocycles. The molecule has 0 N–H and O–H groups in total. The normalized spacial score (nSPS) is 15.8. The van der Waals surface area contributed by atoms with Gasteiger partial charge in [-0.05, 0) is 55.3 Å². The summed E-state index contributed by atoms with van der Waals surface area (Å²) >= 11 is 1.85. The first-order chi connectivity index (χ1) is 19.7. The Balaban J connectivity index is 1.83. The van der Waals surface area contributed by atoms with Gasteiger partial charge in [0.2, 0.25) is 0 Å². The number of unbranched alkanes of at least 4 members (excludes halogenated alkanes) is 2. The minimum absolute atomic E-state index is 0.184. The Morgan fingerprint density at radius 2 is 1.49 bits per heavy atom. The molecular weight excluding hydrogens is 655 g/mol. The molecule has 3 rings (SSSR count). The highest BCUT2D eigenvalue weighted by Gasteiger charge is 2.42. The van der Waals surface area contributed by atoms with E-state index in [2.05, 4.69) is 18.7 Å². The molecule has 1 heterocycles. The summed E-state index contributed by atoms with van der Waals surface area (Å²) in [6, 6.07) is 13.7. The Hall–Kier alpha value is -1.60. The van der Waals surface area contributed by atoms with Crippen LogP contribution in [0.4, 0.5) is 17.1 Å². The highest BCUT2D eigenvalue weighted by Crippen LogP contribution is 2.46. The second kappa shape index (κ2) is 16.9. The predicted octanol–water partition coefficient (Wildman–Crippen LogP) is 6.82. The number of hydrogen-bond donors (Lipinski definition) is 0. The molecular formula is C31H47IN2O6S. The molecule has 0 unspecified atom stereocenters. The lowest BCUT2D eigenvalue weighted by Crippen LogP contribution is -2.38. The molecule has 0 aliphatic carbocycles. The zero-order valence-electron chi connectivity index (χ0n) is 25.1. The molecule has 10 heteroatoms. The van der Waals surface area contributed by atoms with E-state index in [1.807, 2.05) is 78.4 Å². The highest BCUT2D eigenvalue weighted by molar-refractivity contribution is 14.1. The van der Waals surface area contributed by atoms with Crippen LogP contribution in [-0.4, -0.2) is 74.5 Å². The van der Waals surface area contributed by atoms with Crippen LogP contribution in [0.3, 0.4) is 0 Å². The molecule has 0 atom stereocenters. The van der Waals surface area contributed by atoms with Crippen LogP contribution >= 0.6 is 23.0 Å². The molecule has 0 radical (unpaired) electrons. The van der Waals surface area contributed by atoms with Crippen molar-refractivity contribution in [3.05, 3.63) is 42.5 Å². The summed E-state index contributed by atoms with van der Waals surface area (Å²) in [6.07, 6.45) is 5.91. The first-order valence-electron chi connectivity index (χ1n) is 14.7. The van der Waals surface area contributed by atoms with E-state index in [-0.39, 0.29) is 11.2 Å². The van der Waals surface area contributed by atoms with Crippen molar-refractivity contribution >= 4 is 49.9 Å². The number of ether oxygens (including phenoxy) is 3. The summed E-state index contributed by atoms with van der Waals surface area (Å²) in [5.74, 6) is 0.934. The van der Waals surface area contributed by atoms with Gasteiger partial charge in [-0.3, -0.25) is 0 Å². The Morgan fingerprint density at radius 1 is 0.878 bits per heavy atom. The van der Waals surface area contributed by atoms with E-state index in [0.717, 1.165) is 61.3 Å². The second-order valence-electron chi connectivity index (χ2n) is 11.0. The van der Waals surface area contributed by atoms with Crippen molar-refractivity contribution in [2.24, 2.45) is 5.41 Å². The van der Waals surface area contributed by atoms with Gasteiger partial charge in [0.15, 0.2) is 9.84 Å². The zero-order chi connectivity index (χ0) is 29.7. The van der Waals surface area contributed by atoms with Gasteiger partial charge in [0.25, 0.3) is 0 Å². The van der Waals surface area contributed by atoms with E-state index >= 15 is 0 Å². The fourth-order valence-electron chi connectivity index (χ4n) is 5.32. The van der Waals surface area contributed by atoms with Crippen LogP contribution in [0.25, 0.3) is 0 Å². The Labute approximate surface area is 261 Å². The Morgan fingerprint density at radius 3 is 2.07 bits per heavy atom. The third-order valence-corrected chi connectivity index (χ3v) is 9.97. The van der Waals surface area contributed by atoms with E-state index in [1.54, 1.807) is 6.07 Å². The van der Waals surface area contributed by atoms with Crippen molar-refractivity contribution in [3.8, 4) is 5.75 Å². The maximum atomic E-state index is 13.9. The number of anilines is 3. The summed E-state index contributed by atoms with van der Waals surface area (Å²) in [4.78, 5) is 4.66. The van der Waals surface area contributed by atoms with E-state index in [9.17, 15) is 8.42 Å². The molecule has 0 spiro atoms. The van der Waals surface area contributed by atoms with E-state index in [4.69, 9.17) is 17.3 Å². The fourth-order valence-corrected chi connectivity index (χ4v) is 7.60. The fraction of sp³-hybridized carbons (Fsp3) is 0.613. The van der Waals surface area contributed by atoms with Crippen molar-refractivity contribution in [2.45, 2.75) is 57.3 Å². The monoisotopic (exact) mass is 702 g/mol. The summed E-state index contributed by atoms with van der Waals surface area (Å²) in [6.45, 7) is 8.06. The number of rotatable bonds is 18. The third kappa shape index (κ3) is 9.98. The van der Waals surface area contributed by atoms with Crippen LogP contribution in [0.5, 0.6) is 5.75 Å². The topological polar surface area (TPSA) is 77.5 Å². The van der Waals surface area contributed by atoms with Crippen LogP contribution in [0.15, 0.2) is 47.4 Å². The lowest BCUT2D eigenvalue weighted by Gasteiger charge is -2.37. The molecule has 0 aromatic heterocycles. The molecule has 0 bridgehead atoms. The molecule has 2 aromatic carbocycles. The van der Waals surface area contributed by atoms with Crippen LogP contribution < -0.4 is 14.5 Å². The zero-order valence-corrected chi connectivity index (χ0v) is 28.0. The average molecular weight is 703 g/mol. The van der Waals surface area contributed by atoms with Crippen molar-refractivity contribution in [3.63, 3.8) is 0 Å². The minimum atomic E-state index is -3.48. The number of hydrogen-bond acceptors (Lipinski definition) is 8. The summed E-state index contributed by atoms with van der Waals surface area (Å²) in [5, 5.41) is 0. The van der Waals surface area contributed by atoms with Crippen molar-refractivity contribution in [2.75, 3.05) is 75.8 Å². The molecule has 1 aliphatic rings. The molecule has 2 aromatic rings. The first-order valence-corrected chi connectivity index (χ1v) is 17.2. The van der Waals surface area contributed by atoms with Crippen LogP contribution in [0, 0.1) is 5.41 Å². The molecule has 0 amide bonds. The number of sulfone groups is 1. The quantitative estimate of drug-likeness (QED) is 0.124. The molecule has 0 saturated heterocycles. The van der Waals surface area contributed by atoms with Gasteiger partial charge in [-0.15, -0.1) is 0 Å². The van der Waals surface area contributed by atoms with E-state index < -0.39 is 9.84 Å². The number of fused-ring (bicyclic) bond motifs is 1. The summed E-state index contributed by atoms with van der Waals surface area (Å²) < 4.78 is 49.7. The van der Waals surface area contributed by atoms with Gasteiger partial charge < -0.3 is 27.1 Å². The third-order valence-electron chi connectivity index (χ3n) is 7.52. The van der Waals surface area contributed by atoms with Crippen LogP contribution in [0.2, 0.25) is 0 Å². The van der Waals surface area contributed by atoms with Crippen molar-refractivity contribution < 1.29 is 25.7 Å². The summed E-state index contributed by atoms with van der Waals surface area (Å²) in [5.41, 5.74) is 2.37. The Kier molecular flexibility index (Phi) is 14.0. The standard InChI is InChI=1S/C31H47IN2O6S/c1-5-7-15-31(16-8-6-2)24-34(29-23-27(33(3)4)11-14-30(29)41(35,36)25-31)26-9-12-28(13-10-26)39-21-19-37-17-18-38-20-22-40-32/h9-14,23H,5-8,15-22,24-25H2,1-4H3. The smallest absolute Gasteiger partial charge is 0.181 e. The lowest BCUT2D eigenvalue weighted by atomic mass is 9.79. The van der Waals surface area contributed by atoms with Gasteiger partial charge in [0.1, 0.15) is 35.4 Å². The highest BCUT2D eigenvalue weighted by atomic mass is 127. The van der Waals surface area contributed by atoms with Gasteiger partial charge in [0.05, 0.1) is 49.4 Å². The van der Waals surface area contributed by atoms with Gasteiger partial charge in [-0.2, -0.15) is 0 Å². The molecule has 0 saturated carbocycles. The van der Waals surface area contributed by atoms with Crippen LogP contribution in [-0.2, 0) is 22.4 Å². The van der Waals surface area contributed by atoms with Gasteiger partial charge in [-0.1, -0.05) is 39.5 Å². The molecule has 230 valence electrons. The van der Waals surface area contributed by atoms with Gasteiger partial charge >= 0.3 is 0 Å². The number of benzene rings is 2.